The molecule has 0 radical (unpaired) electrons. The van der Waals surface area contributed by atoms with E-state index >= 15 is 0 Å². The number of aromatic nitrogens is 1. The predicted molar refractivity (Wildman–Crippen MR) is 125 cm³/mol. The number of anilines is 1. The zero-order chi connectivity index (χ0) is 21.5. The van der Waals surface area contributed by atoms with Crippen LogP contribution in [0.1, 0.15) is 49.0 Å². The van der Waals surface area contributed by atoms with E-state index < -0.39 is 11.0 Å². The summed E-state index contributed by atoms with van der Waals surface area (Å²) in [5, 5.41) is 10.1. The number of hydrogen-bond donors (Lipinski definition) is 2. The summed E-state index contributed by atoms with van der Waals surface area (Å²) in [5.41, 5.74) is 5.12. The number of hydrogen-bond acceptors (Lipinski definition) is 4. The number of rotatable bonds is 4. The van der Waals surface area contributed by atoms with Crippen molar-refractivity contribution in [3.05, 3.63) is 65.4 Å². The van der Waals surface area contributed by atoms with Crippen LogP contribution in [0.5, 0.6) is 0 Å². The molecule has 3 aromatic rings. The lowest BCUT2D eigenvalue weighted by Crippen LogP contribution is -2.12. The van der Waals surface area contributed by atoms with E-state index in [2.05, 4.69) is 42.3 Å². The molecule has 2 aromatic carbocycles. The van der Waals surface area contributed by atoms with E-state index in [-0.39, 0.29) is 6.04 Å². The first-order valence-corrected chi connectivity index (χ1v) is 11.6. The van der Waals surface area contributed by atoms with Crippen molar-refractivity contribution in [2.24, 2.45) is 5.14 Å². The van der Waals surface area contributed by atoms with Crippen molar-refractivity contribution >= 4 is 27.6 Å². The third-order valence-corrected chi connectivity index (χ3v) is 5.93. The third kappa shape index (κ3) is 5.88. The Kier molecular flexibility index (Phi) is 7.96. The second-order valence-corrected chi connectivity index (χ2v) is 8.74. The zero-order valence-corrected chi connectivity index (χ0v) is 18.8. The lowest BCUT2D eigenvalue weighted by Gasteiger charge is -2.20. The summed E-state index contributed by atoms with van der Waals surface area (Å²) >= 11 is 0. The summed E-state index contributed by atoms with van der Waals surface area (Å²) in [6.07, 6.45) is 3.93. The summed E-state index contributed by atoms with van der Waals surface area (Å²) < 4.78 is 16.8. The monoisotopic (exact) mass is 425 g/mol. The van der Waals surface area contributed by atoms with Crippen LogP contribution in [0, 0.1) is 13.8 Å². The number of fused-ring (bicyclic) bond motifs is 1. The average Bonchev–Trinajstić information content (AvgIpc) is 2.74. The molecule has 3 N–H and O–H groups in total. The molecule has 2 atom stereocenters. The molecule has 1 saturated heterocycles. The van der Waals surface area contributed by atoms with Crippen LogP contribution >= 0.6 is 0 Å². The highest BCUT2D eigenvalue weighted by Gasteiger charge is 2.14. The van der Waals surface area contributed by atoms with Crippen molar-refractivity contribution in [2.45, 2.75) is 51.0 Å². The number of aryl methyl sites for hydroxylation is 2. The highest BCUT2D eigenvalue weighted by molar-refractivity contribution is 7.82. The number of benzene rings is 2. The normalized spacial score (nSPS) is 15.7. The Morgan fingerprint density at radius 1 is 1.07 bits per heavy atom. The van der Waals surface area contributed by atoms with Gasteiger partial charge in [-0.15, -0.1) is 0 Å². The highest BCUT2D eigenvalue weighted by atomic mass is 32.2. The third-order valence-electron chi connectivity index (χ3n) is 5.14. The van der Waals surface area contributed by atoms with Crippen molar-refractivity contribution in [2.75, 3.05) is 18.5 Å². The maximum absolute atomic E-state index is 11.7. The maximum atomic E-state index is 11.7. The summed E-state index contributed by atoms with van der Waals surface area (Å²) in [6, 6.07) is 15.9. The molecule has 2 heterocycles. The molecular formula is C24H31N3O2S. The van der Waals surface area contributed by atoms with E-state index in [4.69, 9.17) is 9.88 Å². The number of para-hydroxylation sites is 1. The molecule has 2 unspecified atom stereocenters. The van der Waals surface area contributed by atoms with Crippen LogP contribution in [0.3, 0.4) is 0 Å². The Labute approximate surface area is 181 Å². The first-order chi connectivity index (χ1) is 14.5. The molecule has 0 aliphatic carbocycles. The number of nitrogens with one attached hydrogen (secondary N) is 1. The topological polar surface area (TPSA) is 77.2 Å². The maximum Gasteiger partial charge on any atom is 0.124 e. The Bertz CT molecular complexity index is 1000. The molecule has 1 aliphatic rings. The fraction of sp³-hybridized carbons (Fsp3) is 0.375. The Morgan fingerprint density at radius 2 is 1.80 bits per heavy atom. The molecule has 1 fully saturated rings. The minimum atomic E-state index is -1.52. The van der Waals surface area contributed by atoms with Gasteiger partial charge in [0.25, 0.3) is 0 Å². The van der Waals surface area contributed by atoms with Gasteiger partial charge in [0.2, 0.25) is 0 Å². The Hall–Kier alpha value is -2.28. The minimum Gasteiger partial charge on any atom is -0.381 e. The molecule has 5 nitrogen and oxygen atoms in total. The van der Waals surface area contributed by atoms with Crippen molar-refractivity contribution in [1.29, 1.82) is 0 Å². The van der Waals surface area contributed by atoms with Crippen LogP contribution < -0.4 is 10.5 Å². The lowest BCUT2D eigenvalue weighted by molar-refractivity contribution is 0.0968. The van der Waals surface area contributed by atoms with Crippen molar-refractivity contribution in [1.82, 2.24) is 4.98 Å². The lowest BCUT2D eigenvalue weighted by atomic mass is 9.99. The standard InChI is InChI=1S/C19H21N3OS.C5H10O/c1-12-10-16(15-9-8-13(2)21-18(15)11-12)14(3)22-17-6-4-5-7-19(17)24(20)23;1-2-4-6-5-3-1/h4-11,14,22H,20H2,1-3H3;1-5H2. The molecule has 1 aromatic heterocycles. The van der Waals surface area contributed by atoms with Gasteiger partial charge in [0, 0.05) is 30.3 Å². The summed E-state index contributed by atoms with van der Waals surface area (Å²) in [5.74, 6) is 0. The fourth-order valence-electron chi connectivity index (χ4n) is 3.63. The fourth-order valence-corrected chi connectivity index (χ4v) is 4.19. The molecule has 0 bridgehead atoms. The van der Waals surface area contributed by atoms with Gasteiger partial charge in [-0.3, -0.25) is 4.98 Å². The van der Waals surface area contributed by atoms with E-state index in [1.54, 1.807) is 6.07 Å². The van der Waals surface area contributed by atoms with Crippen LogP contribution in [0.15, 0.2) is 53.4 Å². The number of nitrogens with zero attached hydrogens (tertiary/aromatic N) is 1. The van der Waals surface area contributed by atoms with E-state index in [9.17, 15) is 4.21 Å². The van der Waals surface area contributed by atoms with Gasteiger partial charge in [0.05, 0.1) is 16.1 Å². The van der Waals surface area contributed by atoms with Crippen LogP contribution in [0.2, 0.25) is 0 Å². The van der Waals surface area contributed by atoms with Crippen LogP contribution in [0.4, 0.5) is 5.69 Å². The summed E-state index contributed by atoms with van der Waals surface area (Å²) in [4.78, 5) is 5.24. The number of nitrogens with two attached hydrogens (primary N) is 1. The molecule has 0 saturated carbocycles. The van der Waals surface area contributed by atoms with Gasteiger partial charge in [-0.1, -0.05) is 24.3 Å². The molecule has 30 heavy (non-hydrogen) atoms. The van der Waals surface area contributed by atoms with E-state index in [1.165, 1.54) is 24.8 Å². The second-order valence-electron chi connectivity index (χ2n) is 7.71. The SMILES string of the molecule is C1CCOCC1.Cc1cc(C(C)Nc2ccccc2S(N)=O)c2ccc(C)nc2c1. The predicted octanol–water partition coefficient (Wildman–Crippen LogP) is 5.19. The van der Waals surface area contributed by atoms with Gasteiger partial charge in [0.1, 0.15) is 11.0 Å². The van der Waals surface area contributed by atoms with E-state index in [1.807, 2.05) is 31.2 Å². The van der Waals surface area contributed by atoms with Gasteiger partial charge in [-0.25, -0.2) is 9.35 Å². The molecule has 6 heteroatoms. The summed E-state index contributed by atoms with van der Waals surface area (Å²) in [7, 11) is -1.52. The molecule has 0 spiro atoms. The van der Waals surface area contributed by atoms with Crippen LogP contribution in [-0.2, 0) is 15.7 Å². The smallest absolute Gasteiger partial charge is 0.124 e. The van der Waals surface area contributed by atoms with Crippen LogP contribution in [-0.4, -0.2) is 22.4 Å². The zero-order valence-electron chi connectivity index (χ0n) is 18.0. The molecule has 4 rings (SSSR count). The first kappa shape index (κ1) is 22.4. The van der Waals surface area contributed by atoms with E-state index in [0.717, 1.165) is 41.1 Å². The van der Waals surface area contributed by atoms with Gasteiger partial charge in [-0.05, 0) is 75.4 Å². The highest BCUT2D eigenvalue weighted by Crippen LogP contribution is 2.29. The van der Waals surface area contributed by atoms with Gasteiger partial charge < -0.3 is 10.1 Å². The van der Waals surface area contributed by atoms with Crippen LogP contribution in [0.25, 0.3) is 10.9 Å². The second kappa shape index (κ2) is 10.7. The van der Waals surface area contributed by atoms with Gasteiger partial charge in [-0.2, -0.15) is 0 Å². The summed E-state index contributed by atoms with van der Waals surface area (Å²) in [6.45, 7) is 8.16. The molecule has 0 amide bonds. The van der Waals surface area contributed by atoms with Gasteiger partial charge >= 0.3 is 0 Å². The number of ether oxygens (including phenoxy) is 1. The Balaban J connectivity index is 0.000000367. The molecule has 1 aliphatic heterocycles. The van der Waals surface area contributed by atoms with Gasteiger partial charge in [0.15, 0.2) is 0 Å². The van der Waals surface area contributed by atoms with Crippen molar-refractivity contribution < 1.29 is 8.95 Å². The van der Waals surface area contributed by atoms with Crippen molar-refractivity contribution in [3.63, 3.8) is 0 Å². The first-order valence-electron chi connectivity index (χ1n) is 10.4. The quantitative estimate of drug-likeness (QED) is 0.603. The Morgan fingerprint density at radius 3 is 2.43 bits per heavy atom. The molecular weight excluding hydrogens is 394 g/mol. The average molecular weight is 426 g/mol. The minimum absolute atomic E-state index is 0.0293. The molecule has 160 valence electrons. The van der Waals surface area contributed by atoms with E-state index in [0.29, 0.717) is 4.90 Å². The van der Waals surface area contributed by atoms with Crippen molar-refractivity contribution in [3.8, 4) is 0 Å². The number of pyridine rings is 1. The largest absolute Gasteiger partial charge is 0.381 e.